The minimum Gasteiger partial charge on any atom is -0.463 e. The molecule has 0 aromatic carbocycles. The van der Waals surface area contributed by atoms with Crippen molar-refractivity contribution in [3.63, 3.8) is 0 Å². The van der Waals surface area contributed by atoms with Crippen LogP contribution in [-0.2, 0) is 47.7 Å². The number of hydrogen-bond acceptors (Lipinski definition) is 10. The van der Waals surface area contributed by atoms with Gasteiger partial charge in [-0.05, 0) is 6.92 Å². The van der Waals surface area contributed by atoms with Crippen LogP contribution in [0.2, 0.25) is 0 Å². The second-order valence-electron chi connectivity index (χ2n) is 6.17. The van der Waals surface area contributed by atoms with Gasteiger partial charge in [0.05, 0.1) is 0 Å². The molecule has 5 unspecified atom stereocenters. The summed E-state index contributed by atoms with van der Waals surface area (Å²) in [6, 6.07) is 0. The highest BCUT2D eigenvalue weighted by molar-refractivity contribution is 5.76. The van der Waals surface area contributed by atoms with E-state index in [1.54, 1.807) is 0 Å². The van der Waals surface area contributed by atoms with E-state index in [9.17, 15) is 24.0 Å². The van der Waals surface area contributed by atoms with Gasteiger partial charge in [-0.1, -0.05) is 0 Å². The fourth-order valence-electron chi connectivity index (χ4n) is 2.82. The van der Waals surface area contributed by atoms with Crippen molar-refractivity contribution in [3.05, 3.63) is 0 Å². The van der Waals surface area contributed by atoms with Gasteiger partial charge in [0.25, 0.3) is 0 Å². The quantitative estimate of drug-likeness (QED) is 0.443. The fourth-order valence-corrected chi connectivity index (χ4v) is 2.82. The Labute approximate surface area is 156 Å². The van der Waals surface area contributed by atoms with Crippen LogP contribution in [0.25, 0.3) is 0 Å². The van der Waals surface area contributed by atoms with E-state index < -0.39 is 54.4 Å². The number of ketones is 1. The molecule has 5 atom stereocenters. The Balaban J connectivity index is 3.29. The van der Waals surface area contributed by atoms with Crippen molar-refractivity contribution < 1.29 is 47.7 Å². The van der Waals surface area contributed by atoms with Crippen LogP contribution in [0.3, 0.4) is 0 Å². The van der Waals surface area contributed by atoms with Gasteiger partial charge in [0.2, 0.25) is 12.4 Å². The number of hydrogen-bond donors (Lipinski definition) is 0. The van der Waals surface area contributed by atoms with Gasteiger partial charge in [-0.2, -0.15) is 0 Å². The Hall–Kier alpha value is -2.49. The molecule has 0 aromatic rings. The number of Topliss-reactive ketones (excluding diaryl/α,β-unsaturated/α-hetero) is 1. The molecule has 0 radical (unpaired) electrons. The molecule has 0 aromatic heterocycles. The maximum atomic E-state index is 11.7. The van der Waals surface area contributed by atoms with Crippen LogP contribution in [0.1, 0.15) is 41.0 Å². The fraction of sp³-hybridized carbons (Fsp3) is 0.706. The minimum absolute atomic E-state index is 0.103. The number of ether oxygens (including phenoxy) is 5. The molecule has 27 heavy (non-hydrogen) atoms. The average molecular weight is 388 g/mol. The Bertz CT molecular complexity index is 599. The lowest BCUT2D eigenvalue weighted by Gasteiger charge is -2.44. The topological polar surface area (TPSA) is 132 Å². The summed E-state index contributed by atoms with van der Waals surface area (Å²) in [5.41, 5.74) is 0. The van der Waals surface area contributed by atoms with Crippen LogP contribution in [0, 0.1) is 5.92 Å². The summed E-state index contributed by atoms with van der Waals surface area (Å²) in [5.74, 6) is -3.77. The van der Waals surface area contributed by atoms with E-state index in [4.69, 9.17) is 23.7 Å². The van der Waals surface area contributed by atoms with Gasteiger partial charge in [0.1, 0.15) is 18.5 Å². The molecular formula is C17H24O10. The molecule has 0 aliphatic carbocycles. The summed E-state index contributed by atoms with van der Waals surface area (Å²) >= 11 is 0. The minimum atomic E-state index is -1.40. The molecule has 1 heterocycles. The average Bonchev–Trinajstić information content (AvgIpc) is 2.49. The smallest absolute Gasteiger partial charge is 0.305 e. The van der Waals surface area contributed by atoms with Gasteiger partial charge in [-0.3, -0.25) is 19.2 Å². The predicted octanol–water partition coefficient (Wildman–Crippen LogP) is 0.296. The van der Waals surface area contributed by atoms with Crippen molar-refractivity contribution >= 4 is 29.7 Å². The first kappa shape index (κ1) is 22.6. The van der Waals surface area contributed by atoms with E-state index in [0.29, 0.717) is 0 Å². The lowest BCUT2D eigenvalue weighted by Crippen LogP contribution is -2.59. The maximum Gasteiger partial charge on any atom is 0.305 e. The molecule has 10 heteroatoms. The second kappa shape index (κ2) is 10.0. The van der Waals surface area contributed by atoms with Gasteiger partial charge in [-0.15, -0.1) is 0 Å². The Morgan fingerprint density at radius 1 is 0.741 bits per heavy atom. The molecule has 1 aliphatic rings. The summed E-state index contributed by atoms with van der Waals surface area (Å²) in [5, 5.41) is 0. The molecule has 1 fully saturated rings. The van der Waals surface area contributed by atoms with E-state index in [1.165, 1.54) is 13.8 Å². The highest BCUT2D eigenvalue weighted by Gasteiger charge is 2.51. The number of carbonyl (C=O) groups excluding carboxylic acids is 5. The number of esters is 4. The number of carbonyl (C=O) groups is 5. The molecule has 0 amide bonds. The first-order valence-electron chi connectivity index (χ1n) is 8.31. The first-order valence-corrected chi connectivity index (χ1v) is 8.31. The SMILES string of the molecule is CC(=O)CC1C(COC(C)=O)OC(OC(C)=O)C(OC(C)=O)C1OC(C)=O. The van der Waals surface area contributed by atoms with E-state index in [1.807, 2.05) is 0 Å². The Kier molecular flexibility index (Phi) is 8.35. The van der Waals surface area contributed by atoms with Gasteiger partial charge in [-0.25, -0.2) is 0 Å². The highest BCUT2D eigenvalue weighted by atomic mass is 16.7. The third-order valence-corrected chi connectivity index (χ3v) is 3.66. The molecule has 0 saturated carbocycles. The van der Waals surface area contributed by atoms with Crippen molar-refractivity contribution in [3.8, 4) is 0 Å². The highest BCUT2D eigenvalue weighted by Crippen LogP contribution is 2.34. The zero-order valence-corrected chi connectivity index (χ0v) is 15.9. The zero-order valence-electron chi connectivity index (χ0n) is 15.9. The van der Waals surface area contributed by atoms with Crippen LogP contribution in [0.4, 0.5) is 0 Å². The largest absolute Gasteiger partial charge is 0.463 e. The van der Waals surface area contributed by atoms with Gasteiger partial charge in [0.15, 0.2) is 6.10 Å². The summed E-state index contributed by atoms with van der Waals surface area (Å²) in [6.07, 6.45) is -4.87. The van der Waals surface area contributed by atoms with Crippen LogP contribution >= 0.6 is 0 Å². The van der Waals surface area contributed by atoms with E-state index in [0.717, 1.165) is 20.8 Å². The van der Waals surface area contributed by atoms with Gasteiger partial charge >= 0.3 is 23.9 Å². The lowest BCUT2D eigenvalue weighted by molar-refractivity contribution is -0.288. The third-order valence-electron chi connectivity index (χ3n) is 3.66. The molecule has 1 saturated heterocycles. The molecule has 0 N–H and O–H groups in total. The van der Waals surface area contributed by atoms with Crippen molar-refractivity contribution in [2.24, 2.45) is 5.92 Å². The van der Waals surface area contributed by atoms with Crippen LogP contribution in [0.15, 0.2) is 0 Å². The normalized spacial score (nSPS) is 27.2. The molecule has 0 spiro atoms. The summed E-state index contributed by atoms with van der Waals surface area (Å²) in [4.78, 5) is 57.4. The zero-order chi connectivity index (χ0) is 20.7. The Morgan fingerprint density at radius 2 is 1.26 bits per heavy atom. The lowest BCUT2D eigenvalue weighted by atomic mass is 9.85. The van der Waals surface area contributed by atoms with E-state index in [-0.39, 0.29) is 18.8 Å². The van der Waals surface area contributed by atoms with Crippen LogP contribution in [-0.4, -0.2) is 60.9 Å². The Morgan fingerprint density at radius 3 is 1.70 bits per heavy atom. The van der Waals surface area contributed by atoms with Crippen molar-refractivity contribution in [2.75, 3.05) is 6.61 Å². The summed E-state index contributed by atoms with van der Waals surface area (Å²) in [6.45, 7) is 5.64. The van der Waals surface area contributed by atoms with E-state index >= 15 is 0 Å². The molecular weight excluding hydrogens is 364 g/mol. The molecule has 152 valence electrons. The van der Waals surface area contributed by atoms with Crippen LogP contribution in [0.5, 0.6) is 0 Å². The van der Waals surface area contributed by atoms with E-state index in [2.05, 4.69) is 0 Å². The maximum absolute atomic E-state index is 11.7. The monoisotopic (exact) mass is 388 g/mol. The molecule has 10 nitrogen and oxygen atoms in total. The van der Waals surface area contributed by atoms with Crippen molar-refractivity contribution in [1.82, 2.24) is 0 Å². The van der Waals surface area contributed by atoms with Crippen molar-refractivity contribution in [1.29, 1.82) is 0 Å². The first-order chi connectivity index (χ1) is 12.5. The van der Waals surface area contributed by atoms with Gasteiger partial charge in [0, 0.05) is 40.0 Å². The molecule has 0 bridgehead atoms. The molecule has 1 rings (SSSR count). The second-order valence-corrected chi connectivity index (χ2v) is 6.17. The third kappa shape index (κ3) is 7.33. The summed E-state index contributed by atoms with van der Waals surface area (Å²) < 4.78 is 26.1. The summed E-state index contributed by atoms with van der Waals surface area (Å²) in [7, 11) is 0. The van der Waals surface area contributed by atoms with Crippen molar-refractivity contribution in [2.45, 2.75) is 65.6 Å². The van der Waals surface area contributed by atoms with Crippen LogP contribution < -0.4 is 0 Å². The molecule has 1 aliphatic heterocycles. The standard InChI is InChI=1S/C17H24O10/c1-8(18)6-13-14(7-23-9(2)19)27-17(26-12(5)22)16(25-11(4)21)15(13)24-10(3)20/h13-17H,6-7H2,1-5H3. The predicted molar refractivity (Wildman–Crippen MR) is 87.0 cm³/mol. The number of rotatable bonds is 7. The van der Waals surface area contributed by atoms with Gasteiger partial charge < -0.3 is 28.5 Å².